The second kappa shape index (κ2) is 9.79. The Morgan fingerprint density at radius 3 is 2.40 bits per heavy atom. The Morgan fingerprint density at radius 1 is 1.14 bits per heavy atom. The van der Waals surface area contributed by atoms with E-state index in [1.807, 2.05) is 6.92 Å². The van der Waals surface area contributed by atoms with E-state index < -0.39 is 38.2 Å². The standard InChI is InChI=1S/C26H30ClF2NO4S/c1-3-4-5-15-10-21(27)24(14-20(15)25(31)30-18-8-9-22(28)23(29)13-18)35(33,34)19-11-16-6-7-17(12-19)26(16,2)32/h8-10,13-14,16-17,19,32H,3-7,11-12H2,1-2H3,(H,30,31)/t16-,17?,19-,26-/m0/s1. The highest BCUT2D eigenvalue weighted by atomic mass is 35.5. The van der Waals surface area contributed by atoms with Crippen molar-refractivity contribution in [3.05, 3.63) is 58.1 Å². The number of amides is 1. The molecule has 0 heterocycles. The van der Waals surface area contributed by atoms with E-state index >= 15 is 0 Å². The SMILES string of the molecule is CCCCc1cc(Cl)c(S(=O)(=O)[C@@H]2CC3CC[C@@H](C2)[C@]3(C)O)cc1C(=O)Nc1ccc(F)c(F)c1. The van der Waals surface area contributed by atoms with Gasteiger partial charge in [0.15, 0.2) is 21.5 Å². The lowest BCUT2D eigenvalue weighted by atomic mass is 9.76. The van der Waals surface area contributed by atoms with E-state index in [1.165, 1.54) is 18.2 Å². The van der Waals surface area contributed by atoms with Gasteiger partial charge in [0.2, 0.25) is 0 Å². The largest absolute Gasteiger partial charge is 0.390 e. The van der Waals surface area contributed by atoms with Crippen molar-refractivity contribution in [3.63, 3.8) is 0 Å². The molecule has 1 unspecified atom stereocenters. The lowest BCUT2D eigenvalue weighted by Gasteiger charge is -2.40. The van der Waals surface area contributed by atoms with Crippen molar-refractivity contribution in [2.45, 2.75) is 74.5 Å². The molecule has 2 saturated carbocycles. The molecule has 2 aliphatic carbocycles. The molecule has 4 rings (SSSR count). The number of sulfone groups is 1. The van der Waals surface area contributed by atoms with Gasteiger partial charge in [0.25, 0.3) is 5.91 Å². The normalized spacial score (nSPS) is 26.1. The van der Waals surface area contributed by atoms with Crippen molar-refractivity contribution in [2.75, 3.05) is 5.32 Å². The number of aliphatic hydroxyl groups is 1. The molecule has 0 radical (unpaired) electrons. The highest BCUT2D eigenvalue weighted by Crippen LogP contribution is 2.51. The van der Waals surface area contributed by atoms with Gasteiger partial charge >= 0.3 is 0 Å². The highest BCUT2D eigenvalue weighted by molar-refractivity contribution is 7.92. The first kappa shape index (κ1) is 26.0. The fraction of sp³-hybridized carbons (Fsp3) is 0.500. The summed E-state index contributed by atoms with van der Waals surface area (Å²) in [6.45, 7) is 3.78. The summed E-state index contributed by atoms with van der Waals surface area (Å²) >= 11 is 6.48. The number of aryl methyl sites for hydroxylation is 1. The Bertz CT molecular complexity index is 1230. The Hall–Kier alpha value is -2.03. The van der Waals surface area contributed by atoms with E-state index in [0.717, 1.165) is 37.8 Å². The third kappa shape index (κ3) is 4.98. The first-order valence-electron chi connectivity index (χ1n) is 12.0. The van der Waals surface area contributed by atoms with Crippen LogP contribution in [0.15, 0.2) is 35.2 Å². The van der Waals surface area contributed by atoms with Gasteiger partial charge < -0.3 is 10.4 Å². The fourth-order valence-electron chi connectivity index (χ4n) is 5.57. The number of rotatable bonds is 7. The summed E-state index contributed by atoms with van der Waals surface area (Å²) in [4.78, 5) is 13.1. The number of anilines is 1. The summed E-state index contributed by atoms with van der Waals surface area (Å²) in [7, 11) is -3.88. The molecule has 2 fully saturated rings. The maximum Gasteiger partial charge on any atom is 0.255 e. The van der Waals surface area contributed by atoms with Crippen LogP contribution < -0.4 is 5.32 Å². The van der Waals surface area contributed by atoms with Gasteiger partial charge in [-0.1, -0.05) is 24.9 Å². The minimum Gasteiger partial charge on any atom is -0.390 e. The van der Waals surface area contributed by atoms with Crippen LogP contribution in [0, 0.1) is 23.5 Å². The summed E-state index contributed by atoms with van der Waals surface area (Å²) in [5, 5.41) is 12.7. The van der Waals surface area contributed by atoms with Crippen molar-refractivity contribution in [3.8, 4) is 0 Å². The summed E-state index contributed by atoms with van der Waals surface area (Å²) in [6, 6.07) is 5.85. The Morgan fingerprint density at radius 2 is 1.80 bits per heavy atom. The molecule has 35 heavy (non-hydrogen) atoms. The Labute approximate surface area is 209 Å². The van der Waals surface area contributed by atoms with Crippen LogP contribution in [-0.2, 0) is 16.3 Å². The van der Waals surface area contributed by atoms with Gasteiger partial charge in [-0.2, -0.15) is 0 Å². The van der Waals surface area contributed by atoms with Crippen LogP contribution in [0.1, 0.15) is 68.3 Å². The molecule has 2 aromatic carbocycles. The molecule has 2 N–H and O–H groups in total. The van der Waals surface area contributed by atoms with Gasteiger partial charge in [-0.15, -0.1) is 0 Å². The molecular formula is C26H30ClF2NO4S. The van der Waals surface area contributed by atoms with E-state index in [-0.39, 0.29) is 33.0 Å². The van der Waals surface area contributed by atoms with E-state index in [1.54, 1.807) is 6.92 Å². The lowest BCUT2D eigenvalue weighted by molar-refractivity contribution is -0.0413. The van der Waals surface area contributed by atoms with Gasteiger partial charge in [0.05, 0.1) is 20.8 Å². The number of nitrogens with one attached hydrogen (secondary N) is 1. The van der Waals surface area contributed by atoms with Gasteiger partial charge in [0.1, 0.15) is 0 Å². The van der Waals surface area contributed by atoms with Gasteiger partial charge in [-0.25, -0.2) is 17.2 Å². The predicted octanol–water partition coefficient (Wildman–Crippen LogP) is 5.93. The number of hydrogen-bond acceptors (Lipinski definition) is 4. The molecule has 5 nitrogen and oxygen atoms in total. The van der Waals surface area contributed by atoms with Crippen LogP contribution >= 0.6 is 11.6 Å². The van der Waals surface area contributed by atoms with Gasteiger partial charge in [0, 0.05) is 17.3 Å². The molecule has 0 aromatic heterocycles. The number of hydrogen-bond donors (Lipinski definition) is 2. The van der Waals surface area contributed by atoms with Crippen molar-refractivity contribution < 1.29 is 27.1 Å². The fourth-order valence-corrected chi connectivity index (χ4v) is 8.02. The zero-order valence-corrected chi connectivity index (χ0v) is 21.4. The summed E-state index contributed by atoms with van der Waals surface area (Å²) in [5.41, 5.74) is -0.0878. The zero-order valence-electron chi connectivity index (χ0n) is 19.8. The third-order valence-electron chi connectivity index (χ3n) is 7.74. The van der Waals surface area contributed by atoms with E-state index in [4.69, 9.17) is 11.6 Å². The van der Waals surface area contributed by atoms with Crippen LogP contribution in [0.3, 0.4) is 0 Å². The average molecular weight is 526 g/mol. The maximum absolute atomic E-state index is 13.7. The maximum atomic E-state index is 13.7. The van der Waals surface area contributed by atoms with Crippen LogP contribution in [0.2, 0.25) is 5.02 Å². The first-order valence-corrected chi connectivity index (χ1v) is 13.9. The van der Waals surface area contributed by atoms with Crippen LogP contribution in [0.25, 0.3) is 0 Å². The summed E-state index contributed by atoms with van der Waals surface area (Å²) < 4.78 is 54.3. The minimum absolute atomic E-state index is 0.0563. The van der Waals surface area contributed by atoms with E-state index in [9.17, 15) is 27.1 Å². The monoisotopic (exact) mass is 525 g/mol. The molecule has 9 heteroatoms. The van der Waals surface area contributed by atoms with Crippen LogP contribution in [0.5, 0.6) is 0 Å². The van der Waals surface area contributed by atoms with Crippen LogP contribution in [-0.4, -0.2) is 30.3 Å². The molecule has 2 aromatic rings. The Balaban J connectivity index is 1.69. The van der Waals surface area contributed by atoms with Crippen molar-refractivity contribution >= 4 is 33.0 Å². The quantitative estimate of drug-likeness (QED) is 0.469. The first-order chi connectivity index (χ1) is 16.4. The molecule has 1 amide bonds. The lowest BCUT2D eigenvalue weighted by Crippen LogP contribution is -2.45. The molecule has 190 valence electrons. The number of carbonyl (C=O) groups excluding carboxylic acids is 1. The van der Waals surface area contributed by atoms with E-state index in [0.29, 0.717) is 24.8 Å². The smallest absolute Gasteiger partial charge is 0.255 e. The highest BCUT2D eigenvalue weighted by Gasteiger charge is 2.53. The molecule has 0 aliphatic heterocycles. The van der Waals surface area contributed by atoms with Gasteiger partial charge in [-0.05, 0) is 87.1 Å². The van der Waals surface area contributed by atoms with Crippen molar-refractivity contribution in [1.82, 2.24) is 0 Å². The molecular weight excluding hydrogens is 496 g/mol. The number of fused-ring (bicyclic) bond motifs is 2. The molecule has 2 bridgehead atoms. The number of unbranched alkanes of at least 4 members (excludes halogenated alkanes) is 1. The third-order valence-corrected chi connectivity index (χ3v) is 10.4. The second-order valence-corrected chi connectivity index (χ2v) is 12.6. The number of halogens is 3. The number of benzene rings is 2. The second-order valence-electron chi connectivity index (χ2n) is 9.96. The molecule has 0 spiro atoms. The van der Waals surface area contributed by atoms with Crippen LogP contribution in [0.4, 0.5) is 14.5 Å². The Kier molecular flexibility index (Phi) is 7.28. The molecule has 0 saturated heterocycles. The van der Waals surface area contributed by atoms with Crippen molar-refractivity contribution in [1.29, 1.82) is 0 Å². The van der Waals surface area contributed by atoms with Gasteiger partial charge in [-0.3, -0.25) is 4.79 Å². The minimum atomic E-state index is -3.88. The zero-order chi connectivity index (χ0) is 25.5. The average Bonchev–Trinajstić information content (AvgIpc) is 2.95. The summed E-state index contributed by atoms with van der Waals surface area (Å²) in [6.07, 6.45) is 4.38. The van der Waals surface area contributed by atoms with E-state index in [2.05, 4.69) is 5.32 Å². The molecule has 4 atom stereocenters. The van der Waals surface area contributed by atoms with Crippen molar-refractivity contribution in [2.24, 2.45) is 11.8 Å². The number of carbonyl (C=O) groups is 1. The topological polar surface area (TPSA) is 83.5 Å². The molecule has 2 aliphatic rings. The summed E-state index contributed by atoms with van der Waals surface area (Å²) in [5.74, 6) is -2.95. The predicted molar refractivity (Wildman–Crippen MR) is 131 cm³/mol.